The van der Waals surface area contributed by atoms with Crippen LogP contribution in [0, 0.1) is 0 Å². The Morgan fingerprint density at radius 3 is 2.67 bits per heavy atom. The predicted octanol–water partition coefficient (Wildman–Crippen LogP) is 1.54. The molecule has 1 aromatic carbocycles. The number of carbonyl (C=O) groups is 1. The van der Waals surface area contributed by atoms with Crippen molar-refractivity contribution in [2.45, 2.75) is 19.4 Å². The van der Waals surface area contributed by atoms with E-state index >= 15 is 0 Å². The summed E-state index contributed by atoms with van der Waals surface area (Å²) in [5, 5.41) is 0. The van der Waals surface area contributed by atoms with E-state index in [-0.39, 0.29) is 11.9 Å². The summed E-state index contributed by atoms with van der Waals surface area (Å²) < 4.78 is 15.9. The Morgan fingerprint density at radius 1 is 1.38 bits per heavy atom. The van der Waals surface area contributed by atoms with E-state index in [1.165, 1.54) is 14.2 Å². The van der Waals surface area contributed by atoms with Gasteiger partial charge in [0.05, 0.1) is 39.0 Å². The quantitative estimate of drug-likeness (QED) is 0.853. The standard InChI is InChI=1S/C15H22N2O4/c1-4-10-9-21-6-5-17(10)15(18)11-7-13(19-2)14(20-3)8-12(11)16/h7-8,10H,4-6,9,16H2,1-3H3. The van der Waals surface area contributed by atoms with Gasteiger partial charge in [0, 0.05) is 18.3 Å². The monoisotopic (exact) mass is 294 g/mol. The third kappa shape index (κ3) is 3.05. The molecule has 6 heteroatoms. The van der Waals surface area contributed by atoms with Crippen LogP contribution < -0.4 is 15.2 Å². The van der Waals surface area contributed by atoms with Crippen LogP contribution in [0.3, 0.4) is 0 Å². The van der Waals surface area contributed by atoms with E-state index in [1.807, 2.05) is 11.8 Å². The number of nitrogens with zero attached hydrogens (tertiary/aromatic N) is 1. The van der Waals surface area contributed by atoms with Crippen molar-refractivity contribution in [1.82, 2.24) is 4.90 Å². The van der Waals surface area contributed by atoms with Crippen LogP contribution in [0.4, 0.5) is 5.69 Å². The van der Waals surface area contributed by atoms with Crippen LogP contribution in [0.1, 0.15) is 23.7 Å². The number of nitrogens with two attached hydrogens (primary N) is 1. The molecule has 1 saturated heterocycles. The van der Waals surface area contributed by atoms with Gasteiger partial charge in [0.15, 0.2) is 11.5 Å². The SMILES string of the molecule is CCC1COCCN1C(=O)c1cc(OC)c(OC)cc1N. The number of rotatable bonds is 4. The zero-order chi connectivity index (χ0) is 15.4. The van der Waals surface area contributed by atoms with E-state index in [2.05, 4.69) is 0 Å². The van der Waals surface area contributed by atoms with Gasteiger partial charge >= 0.3 is 0 Å². The first kappa shape index (κ1) is 15.4. The summed E-state index contributed by atoms with van der Waals surface area (Å²) in [4.78, 5) is 14.6. The molecule has 1 unspecified atom stereocenters. The van der Waals surface area contributed by atoms with Crippen molar-refractivity contribution in [3.8, 4) is 11.5 Å². The third-order valence-corrected chi connectivity index (χ3v) is 3.75. The van der Waals surface area contributed by atoms with Crippen LogP contribution in [0.5, 0.6) is 11.5 Å². The Hall–Kier alpha value is -1.95. The summed E-state index contributed by atoms with van der Waals surface area (Å²) in [7, 11) is 3.07. The Morgan fingerprint density at radius 2 is 2.05 bits per heavy atom. The molecule has 1 heterocycles. The highest BCUT2D eigenvalue weighted by Crippen LogP contribution is 2.33. The molecule has 1 fully saturated rings. The number of benzene rings is 1. The normalized spacial score (nSPS) is 18.4. The molecule has 0 bridgehead atoms. The fourth-order valence-electron chi connectivity index (χ4n) is 2.50. The smallest absolute Gasteiger partial charge is 0.256 e. The number of methoxy groups -OCH3 is 2. The third-order valence-electron chi connectivity index (χ3n) is 3.75. The Balaban J connectivity index is 2.33. The maximum Gasteiger partial charge on any atom is 0.256 e. The highest BCUT2D eigenvalue weighted by Gasteiger charge is 2.28. The Bertz CT molecular complexity index is 519. The van der Waals surface area contributed by atoms with Crippen molar-refractivity contribution < 1.29 is 19.0 Å². The lowest BCUT2D eigenvalue weighted by Crippen LogP contribution is -2.48. The number of anilines is 1. The molecule has 6 nitrogen and oxygen atoms in total. The average Bonchev–Trinajstić information content (AvgIpc) is 2.53. The first-order valence-electron chi connectivity index (χ1n) is 7.02. The molecular formula is C15H22N2O4. The van der Waals surface area contributed by atoms with Crippen molar-refractivity contribution >= 4 is 11.6 Å². The number of morpholine rings is 1. The maximum atomic E-state index is 12.8. The zero-order valence-electron chi connectivity index (χ0n) is 12.7. The lowest BCUT2D eigenvalue weighted by atomic mass is 10.1. The summed E-state index contributed by atoms with van der Waals surface area (Å²) in [6, 6.07) is 3.34. The van der Waals surface area contributed by atoms with Gasteiger partial charge in [0.2, 0.25) is 0 Å². The van der Waals surface area contributed by atoms with Gasteiger partial charge in [-0.15, -0.1) is 0 Å². The van der Waals surface area contributed by atoms with Gasteiger partial charge in [-0.25, -0.2) is 0 Å². The number of ether oxygens (including phenoxy) is 3. The molecule has 1 aliphatic rings. The van der Waals surface area contributed by atoms with Gasteiger partial charge in [0.25, 0.3) is 5.91 Å². The van der Waals surface area contributed by atoms with Gasteiger partial charge in [-0.05, 0) is 12.5 Å². The second kappa shape index (κ2) is 6.67. The summed E-state index contributed by atoms with van der Waals surface area (Å²) >= 11 is 0. The van der Waals surface area contributed by atoms with Gasteiger partial charge < -0.3 is 24.8 Å². The number of nitrogen functional groups attached to an aromatic ring is 1. The van der Waals surface area contributed by atoms with Crippen molar-refractivity contribution in [2.75, 3.05) is 39.7 Å². The lowest BCUT2D eigenvalue weighted by Gasteiger charge is -2.35. The number of hydrogen-bond acceptors (Lipinski definition) is 5. The summed E-state index contributed by atoms with van der Waals surface area (Å²) in [5.74, 6) is 0.917. The molecular weight excluding hydrogens is 272 g/mol. The average molecular weight is 294 g/mol. The van der Waals surface area contributed by atoms with E-state index in [0.29, 0.717) is 42.5 Å². The van der Waals surface area contributed by atoms with Gasteiger partial charge in [-0.1, -0.05) is 6.92 Å². The fourth-order valence-corrected chi connectivity index (χ4v) is 2.50. The molecule has 1 aromatic rings. The molecule has 1 aliphatic heterocycles. The maximum absolute atomic E-state index is 12.8. The summed E-state index contributed by atoms with van der Waals surface area (Å²) in [6.07, 6.45) is 0.846. The minimum Gasteiger partial charge on any atom is -0.493 e. The highest BCUT2D eigenvalue weighted by molar-refractivity contribution is 6.00. The van der Waals surface area contributed by atoms with Gasteiger partial charge in [-0.2, -0.15) is 0 Å². The van der Waals surface area contributed by atoms with Crippen LogP contribution in [0.25, 0.3) is 0 Å². The fraction of sp³-hybridized carbons (Fsp3) is 0.533. The van der Waals surface area contributed by atoms with Crippen LogP contribution in [0.2, 0.25) is 0 Å². The highest BCUT2D eigenvalue weighted by atomic mass is 16.5. The Labute approximate surface area is 124 Å². The molecule has 0 aliphatic carbocycles. The molecule has 116 valence electrons. The molecule has 0 spiro atoms. The van der Waals surface area contributed by atoms with Crippen molar-refractivity contribution in [3.63, 3.8) is 0 Å². The van der Waals surface area contributed by atoms with Crippen molar-refractivity contribution in [3.05, 3.63) is 17.7 Å². The minimum absolute atomic E-state index is 0.0822. The molecule has 0 radical (unpaired) electrons. The van der Waals surface area contributed by atoms with E-state index in [4.69, 9.17) is 19.9 Å². The summed E-state index contributed by atoms with van der Waals surface area (Å²) in [6.45, 7) is 3.73. The lowest BCUT2D eigenvalue weighted by molar-refractivity contribution is -0.00275. The molecule has 0 aromatic heterocycles. The molecule has 1 amide bonds. The van der Waals surface area contributed by atoms with Gasteiger partial charge in [0.1, 0.15) is 0 Å². The van der Waals surface area contributed by atoms with Crippen LogP contribution in [0.15, 0.2) is 12.1 Å². The summed E-state index contributed by atoms with van der Waals surface area (Å²) in [5.41, 5.74) is 6.83. The number of carbonyl (C=O) groups excluding carboxylic acids is 1. The second-order valence-electron chi connectivity index (χ2n) is 4.93. The first-order valence-corrected chi connectivity index (χ1v) is 7.02. The topological polar surface area (TPSA) is 74.0 Å². The van der Waals surface area contributed by atoms with E-state index in [9.17, 15) is 4.79 Å². The Kier molecular flexibility index (Phi) is 4.90. The number of hydrogen-bond donors (Lipinski definition) is 1. The largest absolute Gasteiger partial charge is 0.493 e. The zero-order valence-corrected chi connectivity index (χ0v) is 12.7. The van der Waals surface area contributed by atoms with Crippen LogP contribution >= 0.6 is 0 Å². The second-order valence-corrected chi connectivity index (χ2v) is 4.93. The molecule has 1 atom stereocenters. The van der Waals surface area contributed by atoms with Crippen LogP contribution in [-0.4, -0.2) is 50.8 Å². The molecule has 2 rings (SSSR count). The van der Waals surface area contributed by atoms with E-state index in [1.54, 1.807) is 12.1 Å². The van der Waals surface area contributed by atoms with Gasteiger partial charge in [-0.3, -0.25) is 4.79 Å². The van der Waals surface area contributed by atoms with Crippen molar-refractivity contribution in [2.24, 2.45) is 0 Å². The number of amides is 1. The van der Waals surface area contributed by atoms with Crippen molar-refractivity contribution in [1.29, 1.82) is 0 Å². The predicted molar refractivity (Wildman–Crippen MR) is 79.9 cm³/mol. The van der Waals surface area contributed by atoms with Crippen LogP contribution in [-0.2, 0) is 4.74 Å². The molecule has 2 N–H and O–H groups in total. The minimum atomic E-state index is -0.0939. The molecule has 0 saturated carbocycles. The first-order chi connectivity index (χ1) is 10.1. The van der Waals surface area contributed by atoms with E-state index in [0.717, 1.165) is 6.42 Å². The molecule has 21 heavy (non-hydrogen) atoms. The van der Waals surface area contributed by atoms with E-state index < -0.39 is 0 Å².